The molecule has 9 heavy (non-hydrogen) atoms. The fraction of sp³-hybridized carbons (Fsp3) is 0.500. The molecule has 0 aromatic rings. The quantitative estimate of drug-likeness (QED) is 0.468. The van der Waals surface area contributed by atoms with E-state index in [4.69, 9.17) is 0 Å². The van der Waals surface area contributed by atoms with Gasteiger partial charge in [0.15, 0.2) is 0 Å². The van der Waals surface area contributed by atoms with Crippen LogP contribution in [0.3, 0.4) is 0 Å². The summed E-state index contributed by atoms with van der Waals surface area (Å²) in [6, 6.07) is 0. The Labute approximate surface area is 55.1 Å². The first kappa shape index (κ1) is 6.53. The number of hydrogen-bond acceptors (Lipinski definition) is 0. The molecule has 0 atom stereocenters. The van der Waals surface area contributed by atoms with E-state index in [0.29, 0.717) is 6.42 Å². The number of rotatable bonds is 0. The van der Waals surface area contributed by atoms with E-state index in [9.17, 15) is 4.39 Å². The van der Waals surface area contributed by atoms with Gasteiger partial charge in [-0.25, -0.2) is 4.39 Å². The highest BCUT2D eigenvalue weighted by atomic mass is 19.1. The van der Waals surface area contributed by atoms with Crippen molar-refractivity contribution in [2.75, 3.05) is 0 Å². The molecule has 0 saturated heterocycles. The molecule has 0 aromatic carbocycles. The lowest BCUT2D eigenvalue weighted by atomic mass is 9.86. The Morgan fingerprint density at radius 2 is 2.22 bits per heavy atom. The predicted molar refractivity (Wildman–Crippen MR) is 36.7 cm³/mol. The Kier molecular flexibility index (Phi) is 1.43. The van der Waals surface area contributed by atoms with Gasteiger partial charge in [-0.2, -0.15) is 0 Å². The Balaban J connectivity index is 2.73. The van der Waals surface area contributed by atoms with Crippen molar-refractivity contribution >= 4 is 0 Å². The smallest absolute Gasteiger partial charge is 0.101 e. The lowest BCUT2D eigenvalue weighted by Crippen LogP contribution is -2.09. The molecule has 0 N–H and O–H groups in total. The molecule has 1 heteroatoms. The first-order valence-electron chi connectivity index (χ1n) is 3.14. The number of halogens is 1. The summed E-state index contributed by atoms with van der Waals surface area (Å²) in [5.74, 6) is -0.0116. The average molecular weight is 126 g/mol. The summed E-state index contributed by atoms with van der Waals surface area (Å²) in [5.41, 5.74) is 0.0266. The van der Waals surface area contributed by atoms with Crippen LogP contribution in [0.2, 0.25) is 0 Å². The normalized spacial score (nSPS) is 23.7. The average Bonchev–Trinajstić information content (AvgIpc) is 1.60. The highest BCUT2D eigenvalue weighted by Gasteiger charge is 2.17. The molecule has 0 saturated carbocycles. The Morgan fingerprint density at radius 1 is 1.56 bits per heavy atom. The first-order chi connectivity index (χ1) is 4.10. The molecule has 0 bridgehead atoms. The lowest BCUT2D eigenvalue weighted by Gasteiger charge is -2.20. The minimum Gasteiger partial charge on any atom is -0.212 e. The van der Waals surface area contributed by atoms with Crippen LogP contribution in [0.25, 0.3) is 0 Å². The van der Waals surface area contributed by atoms with Crippen molar-refractivity contribution < 1.29 is 4.39 Å². The van der Waals surface area contributed by atoms with Crippen molar-refractivity contribution in [1.82, 2.24) is 0 Å². The van der Waals surface area contributed by atoms with Crippen LogP contribution in [0.5, 0.6) is 0 Å². The van der Waals surface area contributed by atoms with Gasteiger partial charge in [-0.3, -0.25) is 0 Å². The van der Waals surface area contributed by atoms with Crippen LogP contribution in [-0.2, 0) is 0 Å². The summed E-state index contributed by atoms with van der Waals surface area (Å²) < 4.78 is 12.5. The molecule has 0 aliphatic heterocycles. The third-order valence-corrected chi connectivity index (χ3v) is 1.45. The van der Waals surface area contributed by atoms with E-state index in [1.54, 1.807) is 6.08 Å². The second-order valence-electron chi connectivity index (χ2n) is 3.14. The largest absolute Gasteiger partial charge is 0.212 e. The van der Waals surface area contributed by atoms with Crippen LogP contribution in [0.1, 0.15) is 20.3 Å². The fourth-order valence-corrected chi connectivity index (χ4v) is 0.966. The van der Waals surface area contributed by atoms with E-state index < -0.39 is 0 Å². The monoisotopic (exact) mass is 126 g/mol. The van der Waals surface area contributed by atoms with Crippen molar-refractivity contribution in [1.29, 1.82) is 0 Å². The third kappa shape index (κ3) is 1.67. The molecule has 0 amide bonds. The summed E-state index contributed by atoms with van der Waals surface area (Å²) in [4.78, 5) is 0. The van der Waals surface area contributed by atoms with Crippen LogP contribution >= 0.6 is 0 Å². The van der Waals surface area contributed by atoms with Gasteiger partial charge in [0.1, 0.15) is 5.83 Å². The maximum Gasteiger partial charge on any atom is 0.101 e. The topological polar surface area (TPSA) is 0 Å². The van der Waals surface area contributed by atoms with Crippen LogP contribution in [0.15, 0.2) is 24.1 Å². The van der Waals surface area contributed by atoms with Crippen molar-refractivity contribution in [3.8, 4) is 0 Å². The molecule has 0 heterocycles. The lowest BCUT2D eigenvalue weighted by molar-refractivity contribution is 0.413. The van der Waals surface area contributed by atoms with E-state index in [-0.39, 0.29) is 11.2 Å². The molecular formula is C8H11F. The zero-order valence-corrected chi connectivity index (χ0v) is 5.82. The molecule has 0 spiro atoms. The summed E-state index contributed by atoms with van der Waals surface area (Å²) >= 11 is 0. The van der Waals surface area contributed by atoms with Gasteiger partial charge in [0, 0.05) is 6.42 Å². The number of hydrogen-bond donors (Lipinski definition) is 0. The van der Waals surface area contributed by atoms with Crippen LogP contribution < -0.4 is 0 Å². The molecule has 1 rings (SSSR count). The summed E-state index contributed by atoms with van der Waals surface area (Å²) in [6.45, 7) is 4.05. The first-order valence-corrected chi connectivity index (χ1v) is 3.14. The summed E-state index contributed by atoms with van der Waals surface area (Å²) in [7, 11) is 0. The molecule has 0 fully saturated rings. The Morgan fingerprint density at radius 3 is 2.56 bits per heavy atom. The van der Waals surface area contributed by atoms with Crippen molar-refractivity contribution in [3.05, 3.63) is 24.1 Å². The molecule has 0 unspecified atom stereocenters. The van der Waals surface area contributed by atoms with Crippen LogP contribution in [-0.4, -0.2) is 0 Å². The predicted octanol–water partition coefficient (Wildman–Crippen LogP) is 2.83. The van der Waals surface area contributed by atoms with Gasteiger partial charge in [-0.15, -0.1) is 0 Å². The highest BCUT2D eigenvalue weighted by molar-refractivity contribution is 5.18. The Bertz CT molecular complexity index is 163. The second-order valence-corrected chi connectivity index (χ2v) is 3.14. The van der Waals surface area contributed by atoms with E-state index in [2.05, 4.69) is 0 Å². The van der Waals surface area contributed by atoms with Crippen molar-refractivity contribution in [3.63, 3.8) is 0 Å². The fourth-order valence-electron chi connectivity index (χ4n) is 0.966. The molecular weight excluding hydrogens is 115 g/mol. The van der Waals surface area contributed by atoms with Gasteiger partial charge in [-0.1, -0.05) is 26.0 Å². The number of allylic oxidation sites excluding steroid dienone is 4. The van der Waals surface area contributed by atoms with Gasteiger partial charge in [0.2, 0.25) is 0 Å². The standard InChI is InChI=1S/C8H11F/c1-8(2)5-3-4-7(9)6-8/h3-5H,6H2,1-2H3. The molecule has 0 radical (unpaired) electrons. The SMILES string of the molecule is CC1(C)C=CC=C(F)C1. The van der Waals surface area contributed by atoms with E-state index in [1.807, 2.05) is 19.9 Å². The zero-order valence-electron chi connectivity index (χ0n) is 5.82. The van der Waals surface area contributed by atoms with E-state index >= 15 is 0 Å². The molecule has 50 valence electrons. The summed E-state index contributed by atoms with van der Waals surface area (Å²) in [5, 5.41) is 0. The zero-order chi connectivity index (χ0) is 6.91. The second kappa shape index (κ2) is 1.98. The summed E-state index contributed by atoms with van der Waals surface area (Å²) in [6.07, 6.45) is 5.86. The van der Waals surface area contributed by atoms with Crippen LogP contribution in [0.4, 0.5) is 4.39 Å². The van der Waals surface area contributed by atoms with Gasteiger partial charge < -0.3 is 0 Å². The van der Waals surface area contributed by atoms with E-state index in [1.165, 1.54) is 6.08 Å². The third-order valence-electron chi connectivity index (χ3n) is 1.45. The minimum atomic E-state index is -0.0116. The minimum absolute atomic E-state index is 0.0116. The van der Waals surface area contributed by atoms with Gasteiger partial charge >= 0.3 is 0 Å². The molecule has 0 nitrogen and oxygen atoms in total. The van der Waals surface area contributed by atoms with Crippen molar-refractivity contribution in [2.24, 2.45) is 5.41 Å². The molecule has 1 aliphatic rings. The Hall–Kier alpha value is -0.590. The molecule has 0 aromatic heterocycles. The maximum atomic E-state index is 12.5. The van der Waals surface area contributed by atoms with Crippen molar-refractivity contribution in [2.45, 2.75) is 20.3 Å². The van der Waals surface area contributed by atoms with Gasteiger partial charge in [0.25, 0.3) is 0 Å². The highest BCUT2D eigenvalue weighted by Crippen LogP contribution is 2.30. The van der Waals surface area contributed by atoms with Gasteiger partial charge in [-0.05, 0) is 11.5 Å². The van der Waals surface area contributed by atoms with E-state index in [0.717, 1.165) is 0 Å². The maximum absolute atomic E-state index is 12.5. The molecule has 1 aliphatic carbocycles. The van der Waals surface area contributed by atoms with Crippen LogP contribution in [0, 0.1) is 5.41 Å². The van der Waals surface area contributed by atoms with Gasteiger partial charge in [0.05, 0.1) is 0 Å².